The Hall–Kier alpha value is -8.74. The second kappa shape index (κ2) is 15.4. The normalized spacial score (nSPS) is 13.7. The van der Waals surface area contributed by atoms with Crippen LogP contribution in [0, 0.1) is 0 Å². The second-order valence-electron chi connectivity index (χ2n) is 18.2. The molecule has 68 heavy (non-hydrogen) atoms. The van der Waals surface area contributed by atoms with Crippen LogP contribution in [0.3, 0.4) is 0 Å². The van der Waals surface area contributed by atoms with E-state index in [-0.39, 0.29) is 5.41 Å². The molecule has 2 aromatic heterocycles. The topological polar surface area (TPSA) is 77.3 Å². The van der Waals surface area contributed by atoms with Crippen molar-refractivity contribution in [1.29, 1.82) is 0 Å². The quantitative estimate of drug-likeness (QED) is 0.166. The van der Waals surface area contributed by atoms with Crippen LogP contribution in [-0.2, 0) is 10.8 Å². The van der Waals surface area contributed by atoms with Gasteiger partial charge in [0.2, 0.25) is 0 Å². The number of hydrogen-bond acceptors (Lipinski definition) is 6. The summed E-state index contributed by atoms with van der Waals surface area (Å²) in [6.45, 7) is 4.71. The van der Waals surface area contributed by atoms with Gasteiger partial charge in [-0.05, 0) is 67.4 Å². The molecular weight excluding hydrogens is 829 g/mol. The summed E-state index contributed by atoms with van der Waals surface area (Å²) in [4.78, 5) is 31.4. The summed E-state index contributed by atoms with van der Waals surface area (Å²) >= 11 is 0. The molecule has 0 fully saturated rings. The Kier molecular flexibility index (Phi) is 8.99. The fourth-order valence-corrected chi connectivity index (χ4v) is 10.9. The van der Waals surface area contributed by atoms with Crippen molar-refractivity contribution in [2.75, 3.05) is 0 Å². The van der Waals surface area contributed by atoms with Crippen LogP contribution in [0.5, 0.6) is 0 Å². The maximum absolute atomic E-state index is 5.33. The van der Waals surface area contributed by atoms with E-state index in [4.69, 9.17) is 29.9 Å². The van der Waals surface area contributed by atoms with Crippen molar-refractivity contribution in [2.24, 2.45) is 0 Å². The molecule has 2 aliphatic carbocycles. The van der Waals surface area contributed by atoms with Crippen molar-refractivity contribution in [1.82, 2.24) is 29.9 Å². The number of hydrogen-bond donors (Lipinski definition) is 0. The summed E-state index contributed by atoms with van der Waals surface area (Å²) in [5, 5.41) is 2.29. The Morgan fingerprint density at radius 1 is 0.265 bits per heavy atom. The summed E-state index contributed by atoms with van der Waals surface area (Å²) < 4.78 is 0. The van der Waals surface area contributed by atoms with Gasteiger partial charge in [-0.25, -0.2) is 29.9 Å². The van der Waals surface area contributed by atoms with E-state index < -0.39 is 5.41 Å². The van der Waals surface area contributed by atoms with Crippen LogP contribution in [-0.4, -0.2) is 29.9 Å². The van der Waals surface area contributed by atoms with Gasteiger partial charge in [0.1, 0.15) is 0 Å². The van der Waals surface area contributed by atoms with E-state index in [0.717, 1.165) is 55.3 Å². The number of aromatic nitrogens is 6. The maximum atomic E-state index is 5.33. The highest BCUT2D eigenvalue weighted by atomic mass is 15.0. The average Bonchev–Trinajstić information content (AvgIpc) is 3.71. The highest BCUT2D eigenvalue weighted by Gasteiger charge is 2.54. The Morgan fingerprint density at radius 2 is 0.676 bits per heavy atom. The van der Waals surface area contributed by atoms with Crippen LogP contribution in [0.15, 0.2) is 218 Å². The van der Waals surface area contributed by atoms with Gasteiger partial charge in [-0.2, -0.15) is 0 Å². The molecule has 9 aromatic carbocycles. The van der Waals surface area contributed by atoms with E-state index in [1.54, 1.807) is 0 Å². The molecule has 6 nitrogen and oxygen atoms in total. The van der Waals surface area contributed by atoms with Gasteiger partial charge >= 0.3 is 0 Å². The SMILES string of the molecule is CC1(C)c2ccccc2C2(c3ccc(-c4nc(-c5ccccc5)nc(-c5ccc6ccccc6c5)n4)cc3-c3c(-c4nc(-c5ccccc5)nc(-c5ccccc5)n4)cccc32)c2ccccc21. The van der Waals surface area contributed by atoms with Crippen LogP contribution in [0.2, 0.25) is 0 Å². The first kappa shape index (κ1) is 39.6. The van der Waals surface area contributed by atoms with Crippen molar-refractivity contribution in [2.45, 2.75) is 24.7 Å². The number of nitrogens with zero attached hydrogens (tertiary/aromatic N) is 6. The van der Waals surface area contributed by atoms with E-state index in [0.29, 0.717) is 34.9 Å². The van der Waals surface area contributed by atoms with Crippen molar-refractivity contribution in [3.63, 3.8) is 0 Å². The fraction of sp³-hybridized carbons (Fsp3) is 0.0645. The molecule has 2 heterocycles. The third-order valence-electron chi connectivity index (χ3n) is 14.0. The fourth-order valence-electron chi connectivity index (χ4n) is 10.9. The van der Waals surface area contributed by atoms with Gasteiger partial charge < -0.3 is 0 Å². The van der Waals surface area contributed by atoms with Crippen LogP contribution >= 0.6 is 0 Å². The zero-order chi connectivity index (χ0) is 45.4. The molecule has 0 aliphatic heterocycles. The lowest BCUT2D eigenvalue weighted by Crippen LogP contribution is -2.40. The van der Waals surface area contributed by atoms with E-state index in [9.17, 15) is 0 Å². The van der Waals surface area contributed by atoms with Gasteiger partial charge in [0.15, 0.2) is 34.9 Å². The van der Waals surface area contributed by atoms with Crippen LogP contribution in [0.25, 0.3) is 90.2 Å². The molecule has 11 aromatic rings. The molecule has 0 unspecified atom stereocenters. The van der Waals surface area contributed by atoms with E-state index >= 15 is 0 Å². The standard InChI is InChI=1S/C62H42N6/c1-61(2)49-28-14-16-30-51(49)62(52-31-17-15-29-50(52)61)48-36-35-45(59-65-55(40-20-6-3-7-21-40)64-58(66-59)44-34-33-39-19-12-13-26-43(39)37-44)38-47(48)54-46(27-18-32-53(54)62)60-67-56(41-22-8-4-9-23-41)63-57(68-60)42-24-10-5-11-25-42/h3-38H,1-2H3. The average molecular weight is 871 g/mol. The highest BCUT2D eigenvalue weighted by Crippen LogP contribution is 2.63. The lowest BCUT2D eigenvalue weighted by molar-refractivity contribution is 0.563. The van der Waals surface area contributed by atoms with Gasteiger partial charge in [0.05, 0.1) is 5.41 Å². The zero-order valence-electron chi connectivity index (χ0n) is 37.5. The molecular formula is C62H42N6. The zero-order valence-corrected chi connectivity index (χ0v) is 37.5. The second-order valence-corrected chi connectivity index (χ2v) is 18.2. The summed E-state index contributed by atoms with van der Waals surface area (Å²) in [7, 11) is 0. The van der Waals surface area contributed by atoms with Gasteiger partial charge in [0, 0.05) is 38.8 Å². The van der Waals surface area contributed by atoms with Gasteiger partial charge in [-0.15, -0.1) is 0 Å². The first-order chi connectivity index (χ1) is 33.4. The highest BCUT2D eigenvalue weighted by molar-refractivity contribution is 5.97. The molecule has 2 aliphatic rings. The molecule has 13 rings (SSSR count). The number of benzene rings is 9. The maximum Gasteiger partial charge on any atom is 0.164 e. The predicted octanol–water partition coefficient (Wildman–Crippen LogP) is 14.2. The van der Waals surface area contributed by atoms with Gasteiger partial charge in [-0.1, -0.05) is 220 Å². The molecule has 1 spiro atoms. The molecule has 0 radical (unpaired) electrons. The molecule has 0 N–H and O–H groups in total. The van der Waals surface area contributed by atoms with Crippen LogP contribution in [0.1, 0.15) is 47.2 Å². The molecule has 0 atom stereocenters. The molecule has 0 saturated heterocycles. The van der Waals surface area contributed by atoms with Crippen molar-refractivity contribution < 1.29 is 0 Å². The van der Waals surface area contributed by atoms with Gasteiger partial charge in [-0.3, -0.25) is 0 Å². The molecule has 0 bridgehead atoms. The Labute approximate surface area is 394 Å². The minimum atomic E-state index is -0.663. The third-order valence-corrected chi connectivity index (χ3v) is 14.0. The molecule has 0 amide bonds. The predicted molar refractivity (Wildman–Crippen MR) is 273 cm³/mol. The van der Waals surface area contributed by atoms with E-state index in [1.807, 2.05) is 54.6 Å². The molecule has 6 heteroatoms. The Morgan fingerprint density at radius 3 is 1.22 bits per heavy atom. The smallest absolute Gasteiger partial charge is 0.164 e. The van der Waals surface area contributed by atoms with Gasteiger partial charge in [0.25, 0.3) is 0 Å². The minimum absolute atomic E-state index is 0.250. The number of rotatable bonds is 6. The monoisotopic (exact) mass is 870 g/mol. The Bertz CT molecular complexity index is 3660. The first-order valence-electron chi connectivity index (χ1n) is 23.1. The van der Waals surface area contributed by atoms with Crippen molar-refractivity contribution >= 4 is 10.8 Å². The van der Waals surface area contributed by atoms with Crippen molar-refractivity contribution in [3.8, 4) is 79.5 Å². The van der Waals surface area contributed by atoms with Crippen LogP contribution < -0.4 is 0 Å². The summed E-state index contributed by atoms with van der Waals surface area (Å²) in [6, 6.07) is 76.9. The lowest BCUT2D eigenvalue weighted by Gasteiger charge is -2.46. The van der Waals surface area contributed by atoms with E-state index in [2.05, 4.69) is 178 Å². The van der Waals surface area contributed by atoms with Crippen molar-refractivity contribution in [3.05, 3.63) is 252 Å². The Balaban J connectivity index is 1.10. The largest absolute Gasteiger partial charge is 0.208 e. The van der Waals surface area contributed by atoms with E-state index in [1.165, 1.54) is 33.4 Å². The number of fused-ring (bicyclic) bond motifs is 10. The third kappa shape index (κ3) is 6.11. The molecule has 320 valence electrons. The first-order valence-corrected chi connectivity index (χ1v) is 23.1. The molecule has 0 saturated carbocycles. The summed E-state index contributed by atoms with van der Waals surface area (Å²) in [6.07, 6.45) is 0. The van der Waals surface area contributed by atoms with Crippen LogP contribution in [0.4, 0.5) is 0 Å². The lowest BCUT2D eigenvalue weighted by atomic mass is 9.55. The summed E-state index contributed by atoms with van der Waals surface area (Å²) in [5.41, 5.74) is 14.2. The summed E-state index contributed by atoms with van der Waals surface area (Å²) in [5.74, 6) is 3.65. The minimum Gasteiger partial charge on any atom is -0.208 e.